The minimum atomic E-state index is -0.562. The molecule has 7 heteroatoms. The zero-order valence-corrected chi connectivity index (χ0v) is 16.0. The minimum absolute atomic E-state index is 0.0974. The van der Waals surface area contributed by atoms with E-state index < -0.39 is 11.9 Å². The van der Waals surface area contributed by atoms with Gasteiger partial charge in [-0.3, -0.25) is 9.59 Å². The first-order valence-electron chi connectivity index (χ1n) is 9.74. The molecule has 2 aliphatic rings. The van der Waals surface area contributed by atoms with E-state index in [9.17, 15) is 9.59 Å². The monoisotopic (exact) mass is 387 g/mol. The van der Waals surface area contributed by atoms with Gasteiger partial charge in [-0.05, 0) is 35.4 Å². The van der Waals surface area contributed by atoms with Crippen LogP contribution in [-0.2, 0) is 11.2 Å². The second-order valence-corrected chi connectivity index (χ2v) is 7.70. The molecule has 0 saturated heterocycles. The maximum Gasteiger partial charge on any atom is 0.289 e. The molecule has 29 heavy (non-hydrogen) atoms. The van der Waals surface area contributed by atoms with Crippen LogP contribution in [0.4, 0.5) is 5.69 Å². The summed E-state index contributed by atoms with van der Waals surface area (Å²) < 4.78 is 0. The lowest BCUT2D eigenvalue weighted by Crippen LogP contribution is -2.48. The highest BCUT2D eigenvalue weighted by Gasteiger charge is 2.51. The van der Waals surface area contributed by atoms with Crippen LogP contribution in [0.2, 0.25) is 0 Å². The van der Waals surface area contributed by atoms with Crippen molar-refractivity contribution in [1.29, 1.82) is 0 Å². The van der Waals surface area contributed by atoms with Crippen molar-refractivity contribution in [2.24, 2.45) is 5.92 Å². The molecule has 0 unspecified atom stereocenters. The van der Waals surface area contributed by atoms with Crippen LogP contribution in [-0.4, -0.2) is 40.1 Å². The molecule has 2 heterocycles. The van der Waals surface area contributed by atoms with Gasteiger partial charge in [-0.25, -0.2) is 0 Å². The molecule has 5 rings (SSSR count). The normalized spacial score (nSPS) is 22.4. The third-order valence-corrected chi connectivity index (χ3v) is 5.81. The third-order valence-electron chi connectivity index (χ3n) is 5.81. The Morgan fingerprint density at radius 3 is 2.72 bits per heavy atom. The van der Waals surface area contributed by atoms with Crippen molar-refractivity contribution in [2.75, 3.05) is 11.9 Å². The quantitative estimate of drug-likeness (QED) is 0.719. The molecule has 2 N–H and O–H groups in total. The Morgan fingerprint density at radius 2 is 1.90 bits per heavy atom. The van der Waals surface area contributed by atoms with Gasteiger partial charge in [-0.2, -0.15) is 0 Å². The van der Waals surface area contributed by atoms with Crippen LogP contribution in [0.15, 0.2) is 54.6 Å². The molecule has 1 aromatic heterocycles. The van der Waals surface area contributed by atoms with Gasteiger partial charge in [-0.15, -0.1) is 10.2 Å². The van der Waals surface area contributed by atoms with Crippen LogP contribution in [0.25, 0.3) is 0 Å². The van der Waals surface area contributed by atoms with E-state index >= 15 is 0 Å². The van der Waals surface area contributed by atoms with Gasteiger partial charge in [0.1, 0.15) is 11.9 Å². The van der Waals surface area contributed by atoms with Crippen LogP contribution in [0.1, 0.15) is 39.9 Å². The Hall–Kier alpha value is -3.48. The van der Waals surface area contributed by atoms with Crippen LogP contribution in [0, 0.1) is 5.92 Å². The van der Waals surface area contributed by atoms with Gasteiger partial charge in [0.25, 0.3) is 5.91 Å². The standard InChI is InChI=1S/C22H21N5O2/c1-27-17-10-6-5-9-14(17)15-12-16(15)19(22(27)29)24-21(28)20-23-18(25-26-20)11-13-7-3-2-4-8-13/h2-10,15-16,19H,11-12H2,1H3,(H,24,28)(H,23,25,26)/t15-,16-,19+/m1/s1. The number of rotatable bonds is 4. The van der Waals surface area contributed by atoms with Crippen molar-refractivity contribution in [2.45, 2.75) is 24.8 Å². The first kappa shape index (κ1) is 17.6. The Kier molecular flexibility index (Phi) is 4.16. The molecule has 3 aromatic rings. The van der Waals surface area contributed by atoms with E-state index in [1.807, 2.05) is 48.5 Å². The number of H-pyrrole nitrogens is 1. The maximum atomic E-state index is 13.0. The van der Waals surface area contributed by atoms with E-state index in [1.165, 1.54) is 5.56 Å². The Labute approximate surface area is 168 Å². The Morgan fingerprint density at radius 1 is 1.14 bits per heavy atom. The number of likely N-dealkylation sites (N-methyl/N-ethyl adjacent to an activating group) is 1. The van der Waals surface area contributed by atoms with Crippen molar-refractivity contribution in [3.8, 4) is 0 Å². The highest BCUT2D eigenvalue weighted by molar-refractivity contribution is 6.03. The fraction of sp³-hybridized carbons (Fsp3) is 0.273. The third kappa shape index (κ3) is 3.18. The number of anilines is 1. The number of benzene rings is 2. The highest BCUT2D eigenvalue weighted by Crippen LogP contribution is 2.54. The largest absolute Gasteiger partial charge is 0.337 e. The van der Waals surface area contributed by atoms with E-state index in [4.69, 9.17) is 0 Å². The molecule has 1 fully saturated rings. The summed E-state index contributed by atoms with van der Waals surface area (Å²) in [6.45, 7) is 0. The van der Waals surface area contributed by atoms with Crippen LogP contribution >= 0.6 is 0 Å². The molecule has 0 radical (unpaired) electrons. The summed E-state index contributed by atoms with van der Waals surface area (Å²) in [5.41, 5.74) is 3.18. The number of carbonyl (C=O) groups is 2. The summed E-state index contributed by atoms with van der Waals surface area (Å²) in [4.78, 5) is 30.4. The summed E-state index contributed by atoms with van der Waals surface area (Å²) >= 11 is 0. The van der Waals surface area contributed by atoms with Gasteiger partial charge in [-0.1, -0.05) is 48.5 Å². The summed E-state index contributed by atoms with van der Waals surface area (Å²) in [6.07, 6.45) is 1.46. The Bertz CT molecular complexity index is 1080. The number of carbonyl (C=O) groups excluding carboxylic acids is 2. The minimum Gasteiger partial charge on any atom is -0.337 e. The first-order valence-corrected chi connectivity index (χ1v) is 9.74. The molecule has 3 atom stereocenters. The topological polar surface area (TPSA) is 91.0 Å². The van der Waals surface area contributed by atoms with Gasteiger partial charge in [0.05, 0.1) is 0 Å². The fourth-order valence-electron chi connectivity index (χ4n) is 4.20. The molecule has 2 amide bonds. The molecule has 1 aliphatic heterocycles. The second-order valence-electron chi connectivity index (χ2n) is 7.70. The number of fused-ring (bicyclic) bond motifs is 3. The number of amides is 2. The van der Waals surface area contributed by atoms with Gasteiger partial charge < -0.3 is 15.2 Å². The van der Waals surface area contributed by atoms with Crippen LogP contribution < -0.4 is 10.2 Å². The molecular weight excluding hydrogens is 366 g/mol. The lowest BCUT2D eigenvalue weighted by Gasteiger charge is -2.23. The molecule has 2 aromatic carbocycles. The summed E-state index contributed by atoms with van der Waals surface area (Å²) in [6, 6.07) is 17.2. The van der Waals surface area contributed by atoms with Crippen LogP contribution in [0.5, 0.6) is 0 Å². The molecule has 0 bridgehead atoms. The van der Waals surface area contributed by atoms with Crippen LogP contribution in [0.3, 0.4) is 0 Å². The molecule has 1 aliphatic carbocycles. The average molecular weight is 387 g/mol. The van der Waals surface area contributed by atoms with Crippen molar-refractivity contribution in [3.63, 3.8) is 0 Å². The predicted octanol–water partition coefficient (Wildman–Crippen LogP) is 2.27. The van der Waals surface area contributed by atoms with E-state index in [1.54, 1.807) is 11.9 Å². The number of aromatic amines is 1. The van der Waals surface area contributed by atoms with Crippen molar-refractivity contribution in [3.05, 3.63) is 77.4 Å². The number of para-hydroxylation sites is 1. The summed E-state index contributed by atoms with van der Waals surface area (Å²) in [5, 5.41) is 11.0. The first-order chi connectivity index (χ1) is 14.1. The number of hydrogen-bond acceptors (Lipinski definition) is 4. The molecule has 7 nitrogen and oxygen atoms in total. The highest BCUT2D eigenvalue weighted by atomic mass is 16.2. The molecule has 146 valence electrons. The number of aromatic nitrogens is 3. The van der Waals surface area contributed by atoms with E-state index in [0.717, 1.165) is 17.7 Å². The van der Waals surface area contributed by atoms with Gasteiger partial charge in [0.15, 0.2) is 0 Å². The Balaban J connectivity index is 1.32. The van der Waals surface area contributed by atoms with Crippen molar-refractivity contribution in [1.82, 2.24) is 20.5 Å². The average Bonchev–Trinajstić information content (AvgIpc) is 3.41. The van der Waals surface area contributed by atoms with Gasteiger partial charge in [0, 0.05) is 19.2 Å². The summed E-state index contributed by atoms with van der Waals surface area (Å²) in [7, 11) is 1.76. The molecular formula is C22H21N5O2. The molecule has 0 spiro atoms. The van der Waals surface area contributed by atoms with E-state index in [-0.39, 0.29) is 17.6 Å². The van der Waals surface area contributed by atoms with Gasteiger partial charge in [0.2, 0.25) is 11.7 Å². The second kappa shape index (κ2) is 6.84. The summed E-state index contributed by atoms with van der Waals surface area (Å²) in [5.74, 6) is 0.658. The zero-order valence-electron chi connectivity index (χ0n) is 16.0. The number of nitrogens with one attached hydrogen (secondary N) is 2. The van der Waals surface area contributed by atoms with E-state index in [0.29, 0.717) is 18.2 Å². The maximum absolute atomic E-state index is 13.0. The lowest BCUT2D eigenvalue weighted by atomic mass is 10.1. The fourth-order valence-corrected chi connectivity index (χ4v) is 4.20. The van der Waals surface area contributed by atoms with Gasteiger partial charge >= 0.3 is 0 Å². The van der Waals surface area contributed by atoms with Crippen molar-refractivity contribution >= 4 is 17.5 Å². The van der Waals surface area contributed by atoms with E-state index in [2.05, 4.69) is 26.6 Å². The smallest absolute Gasteiger partial charge is 0.289 e. The zero-order chi connectivity index (χ0) is 20.0. The SMILES string of the molecule is CN1C(=O)[C@@H](NC(=O)c2nnc(Cc3ccccc3)[nH]2)[C@@H]2C[C@@H]2c2ccccc21. The number of hydrogen-bond donors (Lipinski definition) is 2. The van der Waals surface area contributed by atoms with Crippen molar-refractivity contribution < 1.29 is 9.59 Å². The lowest BCUT2D eigenvalue weighted by molar-refractivity contribution is -0.120. The predicted molar refractivity (Wildman–Crippen MR) is 108 cm³/mol. The molecule has 1 saturated carbocycles. The number of nitrogens with zero attached hydrogens (tertiary/aromatic N) is 3.